The molecule has 0 saturated carbocycles. The molecule has 12 heterocycles. The molecule has 25 heteroatoms. The van der Waals surface area contributed by atoms with Crippen LogP contribution < -0.4 is 24.9 Å². The molecule has 8 aromatic heterocycles. The van der Waals surface area contributed by atoms with E-state index in [1.165, 1.54) is 65.2 Å². The van der Waals surface area contributed by atoms with Crippen molar-refractivity contribution in [2.45, 2.75) is 40.5 Å². The summed E-state index contributed by atoms with van der Waals surface area (Å²) in [5.74, 6) is -1.72. The zero-order chi connectivity index (χ0) is 59.5. The number of amides is 1. The van der Waals surface area contributed by atoms with Gasteiger partial charge in [0.05, 0.1) is 46.2 Å². The minimum Gasteiger partial charge on any atom is -0.475 e. The maximum absolute atomic E-state index is 13.5. The van der Waals surface area contributed by atoms with Gasteiger partial charge in [0.25, 0.3) is 5.91 Å². The molecule has 4 fully saturated rings. The van der Waals surface area contributed by atoms with Gasteiger partial charge in [-0.25, -0.2) is 42.5 Å². The summed E-state index contributed by atoms with van der Waals surface area (Å²) in [6.45, 7) is 15.8. The first-order chi connectivity index (χ1) is 41.0. The molecule has 1 amide bonds. The van der Waals surface area contributed by atoms with Crippen LogP contribution in [0.15, 0.2) is 107 Å². The van der Waals surface area contributed by atoms with Gasteiger partial charge in [0.15, 0.2) is 23.1 Å². The van der Waals surface area contributed by atoms with Crippen LogP contribution in [0.5, 0.6) is 0 Å². The minimum atomic E-state index is -1.09. The number of aromatic nitrogens is 8. The number of carbonyl (C=O) groups is 2. The Balaban J connectivity index is 0.000000149. The quantitative estimate of drug-likeness (QED) is 0.116. The summed E-state index contributed by atoms with van der Waals surface area (Å²) < 4.78 is 40.5. The molecular weight excluding hydrogens is 1130 g/mol. The van der Waals surface area contributed by atoms with Crippen LogP contribution in [0.3, 0.4) is 0 Å². The van der Waals surface area contributed by atoms with Crippen LogP contribution in [-0.2, 0) is 12.8 Å². The largest absolute Gasteiger partial charge is 0.475 e. The van der Waals surface area contributed by atoms with E-state index in [1.807, 2.05) is 44.7 Å². The van der Waals surface area contributed by atoms with E-state index < -0.39 is 5.97 Å². The van der Waals surface area contributed by atoms with Gasteiger partial charge in [0.2, 0.25) is 11.5 Å². The van der Waals surface area contributed by atoms with E-state index in [1.54, 1.807) is 24.3 Å². The van der Waals surface area contributed by atoms with E-state index in [-0.39, 0.29) is 34.5 Å². The van der Waals surface area contributed by atoms with E-state index in [9.17, 15) is 28.9 Å². The number of pyridine rings is 2. The Labute approximate surface area is 494 Å². The number of rotatable bonds is 12. The summed E-state index contributed by atoms with van der Waals surface area (Å²) in [6.07, 6.45) is 6.44. The molecule has 4 saturated heterocycles. The molecule has 4 aliphatic rings. The second-order valence-corrected chi connectivity index (χ2v) is 23.8. The lowest BCUT2D eigenvalue weighted by molar-refractivity contribution is -0.0124. The average Bonchev–Trinajstić information content (AvgIpc) is 2.17. The van der Waals surface area contributed by atoms with Crippen molar-refractivity contribution in [1.29, 1.82) is 10.5 Å². The van der Waals surface area contributed by atoms with E-state index in [4.69, 9.17) is 29.7 Å². The molecule has 14 rings (SSSR count). The van der Waals surface area contributed by atoms with Gasteiger partial charge in [-0.15, -0.1) is 0 Å². The number of halogens is 2. The molecule has 85 heavy (non-hydrogen) atoms. The number of benzene rings is 2. The summed E-state index contributed by atoms with van der Waals surface area (Å²) in [7, 11) is 3.92. The number of likely N-dealkylation sites (tertiary alicyclic amines) is 1. The van der Waals surface area contributed by atoms with Crippen molar-refractivity contribution in [3.63, 3.8) is 0 Å². The SMILES string of the molecule is CCc1nn2c(C)cc(N3CC4(CN(C(=O)c5cnco5)C4)C3)cc2c1N(C)c1nc(-c2ccc(F)cc2)c(C#N)s1.CCc1nn2c(C)cc(N3CC4(CNC4)C3)cc2c1N(C)c1nc(-c2ccc(F)cc2)c(C#N)s1.O=C(O)c1cnco1. The first-order valence-electron chi connectivity index (χ1n) is 27.4. The van der Waals surface area contributed by atoms with Gasteiger partial charge >= 0.3 is 5.97 Å². The Morgan fingerprint density at radius 3 is 1.47 bits per heavy atom. The summed E-state index contributed by atoms with van der Waals surface area (Å²) in [5, 5.41) is 42.3. The highest BCUT2D eigenvalue weighted by Gasteiger charge is 2.54. The lowest BCUT2D eigenvalue weighted by Gasteiger charge is -2.60. The third-order valence-electron chi connectivity index (χ3n) is 15.9. The van der Waals surface area contributed by atoms with Crippen LogP contribution in [0.4, 0.5) is 41.8 Å². The van der Waals surface area contributed by atoms with Crippen molar-refractivity contribution in [3.8, 4) is 34.7 Å². The lowest BCUT2D eigenvalue weighted by atomic mass is 9.72. The van der Waals surface area contributed by atoms with Gasteiger partial charge < -0.3 is 43.8 Å². The lowest BCUT2D eigenvalue weighted by Crippen LogP contribution is -2.73. The molecule has 0 radical (unpaired) electrons. The molecule has 0 atom stereocenters. The number of nitriles is 2. The monoisotopic (exact) mass is 1180 g/mol. The van der Waals surface area contributed by atoms with Crippen LogP contribution in [0.25, 0.3) is 33.5 Å². The van der Waals surface area contributed by atoms with Gasteiger partial charge in [-0.05, 0) is 99.5 Å². The molecule has 0 unspecified atom stereocenters. The number of nitrogens with zero attached hydrogens (tertiary/aromatic N) is 15. The number of hydrogen-bond acceptors (Lipinski definition) is 19. The number of hydrogen-bond donors (Lipinski definition) is 2. The van der Waals surface area contributed by atoms with Crippen LogP contribution in [-0.4, -0.2) is 128 Å². The number of fused-ring (bicyclic) bond motifs is 2. The number of carboxylic acid groups (broad SMARTS) is 1. The van der Waals surface area contributed by atoms with Crippen LogP contribution in [0, 0.1) is 59.0 Å². The summed E-state index contributed by atoms with van der Waals surface area (Å²) in [4.78, 5) is 51.0. The van der Waals surface area contributed by atoms with Gasteiger partial charge in [0.1, 0.15) is 44.9 Å². The number of anilines is 6. The molecule has 10 aromatic rings. The molecule has 21 nitrogen and oxygen atoms in total. The van der Waals surface area contributed by atoms with Gasteiger partial charge in [-0.2, -0.15) is 20.7 Å². The number of thiazole rings is 2. The van der Waals surface area contributed by atoms with Gasteiger partial charge in [-0.3, -0.25) is 4.79 Å². The van der Waals surface area contributed by atoms with Gasteiger partial charge in [-0.1, -0.05) is 36.5 Å². The maximum atomic E-state index is 13.5. The standard InChI is InChI=1S/C30H27FN8O2S.C26H26FN7S.C4H3NO3/c1-4-22-27(36(3)29-34-26(25(11-32)42-29)19-5-7-20(31)8-6-19)23-10-21(9-18(2)39(23)35-22)37-13-30(14-37)15-38(16-30)28(40)24-12-33-17-41-24;1-4-20-24(32(3)25-30-23(22(11-28)35-25)17-5-7-18(27)8-6-17)21-10-19(9-16(2)34(21)31-20)33-14-26(15-33)12-29-13-26;6-4(7)3-1-5-2-8-3/h5-10,12,17H,4,13-16H2,1-3H3;5-10,29H,4,12-15H2,1-3H3;1-2H,(H,6,7). The number of aromatic carboxylic acids is 1. The van der Waals surface area contributed by atoms with E-state index in [2.05, 4.69) is 86.7 Å². The van der Waals surface area contributed by atoms with E-state index >= 15 is 0 Å². The Morgan fingerprint density at radius 2 is 1.11 bits per heavy atom. The zero-order valence-corrected chi connectivity index (χ0v) is 48.8. The van der Waals surface area contributed by atoms with Crippen LogP contribution in [0.2, 0.25) is 0 Å². The molecule has 2 N–H and O–H groups in total. The molecule has 2 aromatic carbocycles. The predicted octanol–water partition coefficient (Wildman–Crippen LogP) is 9.95. The Morgan fingerprint density at radius 1 is 0.671 bits per heavy atom. The van der Waals surface area contributed by atoms with Crippen molar-refractivity contribution in [2.75, 3.05) is 86.1 Å². The average molecular weight is 1180 g/mol. The number of nitrogens with one attached hydrogen (secondary N) is 1. The van der Waals surface area contributed by atoms with Crippen molar-refractivity contribution >= 4 is 78.6 Å². The number of aryl methyl sites for hydroxylation is 4. The summed E-state index contributed by atoms with van der Waals surface area (Å²) in [5.41, 5.74) is 13.3. The highest BCUT2D eigenvalue weighted by Crippen LogP contribution is 2.46. The van der Waals surface area contributed by atoms with Crippen molar-refractivity contribution in [2.24, 2.45) is 10.8 Å². The van der Waals surface area contributed by atoms with E-state index in [0.29, 0.717) is 55.5 Å². The second-order valence-electron chi connectivity index (χ2n) is 21.8. The number of oxazole rings is 2. The maximum Gasteiger partial charge on any atom is 0.373 e. The Kier molecular flexibility index (Phi) is 14.6. The fourth-order valence-electron chi connectivity index (χ4n) is 11.6. The minimum absolute atomic E-state index is 0.0928. The molecule has 0 bridgehead atoms. The molecule has 4 aliphatic heterocycles. The molecule has 432 valence electrons. The molecule has 2 spiro atoms. The number of carbonyl (C=O) groups excluding carboxylic acids is 1. The third kappa shape index (κ3) is 10.3. The molecular formula is C60H56F2N16O5S2. The third-order valence-corrected chi connectivity index (χ3v) is 18.0. The normalized spacial score (nSPS) is 15.2. The van der Waals surface area contributed by atoms with Gasteiger partial charge in [0, 0.05) is 111 Å². The van der Waals surface area contributed by atoms with Crippen LogP contribution >= 0.6 is 22.7 Å². The number of carboxylic acids is 1. The van der Waals surface area contributed by atoms with Crippen molar-refractivity contribution in [3.05, 3.63) is 154 Å². The smallest absolute Gasteiger partial charge is 0.373 e. The van der Waals surface area contributed by atoms with E-state index in [0.717, 1.165) is 121 Å². The van der Waals surface area contributed by atoms with Crippen molar-refractivity contribution in [1.82, 2.24) is 49.4 Å². The van der Waals surface area contributed by atoms with Crippen molar-refractivity contribution < 1.29 is 32.3 Å². The second kappa shape index (κ2) is 22.2. The highest BCUT2D eigenvalue weighted by molar-refractivity contribution is 7.17. The van der Waals surface area contributed by atoms with Crippen LogP contribution in [0.1, 0.15) is 67.5 Å². The fourth-order valence-corrected chi connectivity index (χ4v) is 13.3. The first kappa shape index (κ1) is 55.9. The Bertz CT molecular complexity index is 4230. The topological polar surface area (TPSA) is 243 Å². The highest BCUT2D eigenvalue weighted by atomic mass is 32.1. The predicted molar refractivity (Wildman–Crippen MR) is 317 cm³/mol. The first-order valence-corrected chi connectivity index (χ1v) is 29.0. The Hall–Kier alpha value is -9.56. The summed E-state index contributed by atoms with van der Waals surface area (Å²) in [6, 6.07) is 25.4. The zero-order valence-electron chi connectivity index (χ0n) is 47.2. The fraction of sp³-hybridized carbons (Fsp3) is 0.300. The summed E-state index contributed by atoms with van der Waals surface area (Å²) >= 11 is 2.64. The molecule has 0 aliphatic carbocycles.